The second-order valence-corrected chi connectivity index (χ2v) is 11.1. The predicted molar refractivity (Wildman–Crippen MR) is 155 cm³/mol. The van der Waals surface area contributed by atoms with E-state index in [1.165, 1.54) is 21.3 Å². The van der Waals surface area contributed by atoms with Gasteiger partial charge < -0.3 is 19.3 Å². The molecule has 2 atom stereocenters. The lowest BCUT2D eigenvalue weighted by Gasteiger charge is -2.30. The van der Waals surface area contributed by atoms with Crippen molar-refractivity contribution in [3.05, 3.63) is 104 Å². The van der Waals surface area contributed by atoms with Gasteiger partial charge in [0.25, 0.3) is 0 Å². The summed E-state index contributed by atoms with van der Waals surface area (Å²) in [5.41, 5.74) is 8.15. The van der Waals surface area contributed by atoms with Gasteiger partial charge in [-0.15, -0.1) is 0 Å². The number of rotatable bonds is 8. The number of likely N-dealkylation sites (N-methyl/N-ethyl adjacent to an activating group) is 1. The van der Waals surface area contributed by atoms with Crippen LogP contribution >= 0.6 is 0 Å². The number of ether oxygens (including phenoxy) is 3. The topological polar surface area (TPSA) is 116 Å². The zero-order chi connectivity index (χ0) is 30.9. The lowest BCUT2D eigenvalue weighted by Crippen LogP contribution is -2.41. The number of esters is 3. The highest BCUT2D eigenvalue weighted by molar-refractivity contribution is 5.98. The number of quaternary nitrogens is 1. The van der Waals surface area contributed by atoms with Crippen molar-refractivity contribution in [2.75, 3.05) is 34.9 Å². The minimum absolute atomic E-state index is 0.00762. The summed E-state index contributed by atoms with van der Waals surface area (Å²) in [4.78, 5) is 49.5. The van der Waals surface area contributed by atoms with E-state index in [9.17, 15) is 24.3 Å². The quantitative estimate of drug-likeness (QED) is 0.255. The zero-order valence-corrected chi connectivity index (χ0v) is 25.0. The van der Waals surface area contributed by atoms with Gasteiger partial charge in [0.05, 0.1) is 40.4 Å². The van der Waals surface area contributed by atoms with Gasteiger partial charge in [-0.05, 0) is 71.8 Å². The number of methoxy groups -OCH3 is 3. The second kappa shape index (κ2) is 11.8. The molecule has 0 saturated heterocycles. The zero-order valence-electron chi connectivity index (χ0n) is 25.0. The number of aliphatic carboxylic acids is 1. The molecule has 0 aromatic heterocycles. The van der Waals surface area contributed by atoms with Gasteiger partial charge >= 0.3 is 23.9 Å². The Balaban J connectivity index is 1.82. The highest BCUT2D eigenvalue weighted by Gasteiger charge is 2.38. The summed E-state index contributed by atoms with van der Waals surface area (Å²) >= 11 is 0. The van der Waals surface area contributed by atoms with E-state index in [0.717, 1.165) is 50.2 Å². The Hall–Kier alpha value is -4.50. The van der Waals surface area contributed by atoms with Crippen LogP contribution < -0.4 is 0 Å². The van der Waals surface area contributed by atoms with Gasteiger partial charge in [-0.25, -0.2) is 14.4 Å². The molecule has 0 amide bonds. The molecule has 0 fully saturated rings. The first-order valence-corrected chi connectivity index (χ1v) is 13.6. The van der Waals surface area contributed by atoms with Crippen LogP contribution in [0.3, 0.4) is 0 Å². The van der Waals surface area contributed by atoms with Crippen molar-refractivity contribution < 1.29 is 43.0 Å². The molecule has 0 bridgehead atoms. The normalized spacial score (nSPS) is 23.0. The van der Waals surface area contributed by atoms with E-state index in [2.05, 4.69) is 0 Å². The van der Waals surface area contributed by atoms with Gasteiger partial charge in [0.1, 0.15) is 18.0 Å². The molecule has 0 aromatic carbocycles. The number of carbonyl (C=O) groups excluding carboxylic acids is 3. The van der Waals surface area contributed by atoms with E-state index in [0.29, 0.717) is 17.6 Å². The Morgan fingerprint density at radius 1 is 0.952 bits per heavy atom. The summed E-state index contributed by atoms with van der Waals surface area (Å²) in [5, 5.41) is 9.36. The van der Waals surface area contributed by atoms with Crippen LogP contribution in [0.4, 0.5) is 0 Å². The van der Waals surface area contributed by atoms with Gasteiger partial charge in [0.15, 0.2) is 6.54 Å². The molecule has 9 nitrogen and oxygen atoms in total. The molecule has 4 aliphatic rings. The van der Waals surface area contributed by atoms with E-state index in [4.69, 9.17) is 14.2 Å². The fraction of sp³-hybridized carbons (Fsp3) is 0.333. The van der Waals surface area contributed by atoms with E-state index in [1.54, 1.807) is 12.3 Å². The Labute approximate surface area is 245 Å². The number of fused-ring (bicyclic) bond motifs is 2. The fourth-order valence-corrected chi connectivity index (χ4v) is 5.89. The summed E-state index contributed by atoms with van der Waals surface area (Å²) in [5.74, 6) is -2.61. The van der Waals surface area contributed by atoms with Crippen LogP contribution in [0, 0.1) is 5.92 Å². The molecule has 2 unspecified atom stereocenters. The van der Waals surface area contributed by atoms with Gasteiger partial charge in [-0.3, -0.25) is 9.28 Å². The maximum Gasteiger partial charge on any atom is 0.362 e. The maximum atomic E-state index is 13.0. The fourth-order valence-electron chi connectivity index (χ4n) is 5.89. The van der Waals surface area contributed by atoms with E-state index < -0.39 is 23.9 Å². The van der Waals surface area contributed by atoms with Crippen molar-refractivity contribution in [1.82, 2.24) is 0 Å². The highest BCUT2D eigenvalue weighted by Crippen LogP contribution is 2.45. The van der Waals surface area contributed by atoms with E-state index in [1.807, 2.05) is 58.3 Å². The van der Waals surface area contributed by atoms with Gasteiger partial charge in [0, 0.05) is 11.1 Å². The molecule has 0 spiro atoms. The summed E-state index contributed by atoms with van der Waals surface area (Å²) in [6.45, 7) is 5.66. The third-order valence-corrected chi connectivity index (χ3v) is 7.88. The molecular formula is C33H36NO8+. The molecule has 0 radical (unpaired) electrons. The van der Waals surface area contributed by atoms with Crippen molar-refractivity contribution in [3.63, 3.8) is 0 Å². The highest BCUT2D eigenvalue weighted by atomic mass is 16.5. The number of allylic oxidation sites excluding steroid dienone is 12. The van der Waals surface area contributed by atoms with Crippen LogP contribution in [0.5, 0.6) is 0 Å². The lowest BCUT2D eigenvalue weighted by atomic mass is 9.91. The molecule has 4 rings (SSSR count). The minimum atomic E-state index is -0.907. The lowest BCUT2D eigenvalue weighted by molar-refractivity contribution is -0.799. The van der Waals surface area contributed by atoms with E-state index in [-0.39, 0.29) is 23.4 Å². The Bertz CT molecular complexity index is 1570. The molecule has 0 aromatic rings. The van der Waals surface area contributed by atoms with Gasteiger partial charge in [0.2, 0.25) is 0 Å². The number of carboxylic acid groups (broad SMARTS) is 1. The Morgan fingerprint density at radius 2 is 1.64 bits per heavy atom. The molecule has 1 aliphatic heterocycles. The first-order valence-electron chi connectivity index (χ1n) is 13.6. The molecule has 42 heavy (non-hydrogen) atoms. The first kappa shape index (κ1) is 30.5. The Kier molecular flexibility index (Phi) is 8.54. The van der Waals surface area contributed by atoms with Crippen molar-refractivity contribution in [3.8, 4) is 0 Å². The molecule has 9 heteroatoms. The van der Waals surface area contributed by atoms with Crippen molar-refractivity contribution in [2.45, 2.75) is 33.6 Å². The average Bonchev–Trinajstić information content (AvgIpc) is 3.30. The second-order valence-electron chi connectivity index (χ2n) is 11.1. The largest absolute Gasteiger partial charge is 0.481 e. The third-order valence-electron chi connectivity index (χ3n) is 7.88. The van der Waals surface area contributed by atoms with Crippen molar-refractivity contribution >= 4 is 23.9 Å². The molecule has 1 N–H and O–H groups in total. The van der Waals surface area contributed by atoms with Crippen molar-refractivity contribution in [1.29, 1.82) is 0 Å². The number of hydrogen-bond acceptors (Lipinski definition) is 7. The smallest absolute Gasteiger partial charge is 0.362 e. The van der Waals surface area contributed by atoms with Crippen LogP contribution in [0.1, 0.15) is 33.6 Å². The van der Waals surface area contributed by atoms with Gasteiger partial charge in [-0.1, -0.05) is 30.7 Å². The molecule has 0 saturated carbocycles. The third kappa shape index (κ3) is 5.78. The van der Waals surface area contributed by atoms with Crippen LogP contribution in [0.15, 0.2) is 104 Å². The van der Waals surface area contributed by atoms with E-state index >= 15 is 0 Å². The summed E-state index contributed by atoms with van der Waals surface area (Å²) in [6, 6.07) is 0. The summed E-state index contributed by atoms with van der Waals surface area (Å²) in [7, 11) is 5.78. The van der Waals surface area contributed by atoms with Crippen LogP contribution in [0.25, 0.3) is 0 Å². The molecule has 1 heterocycles. The van der Waals surface area contributed by atoms with Gasteiger partial charge in [-0.2, -0.15) is 0 Å². The van der Waals surface area contributed by atoms with Crippen LogP contribution in [-0.2, 0) is 33.4 Å². The Morgan fingerprint density at radius 3 is 2.26 bits per heavy atom. The predicted octanol–water partition coefficient (Wildman–Crippen LogP) is 4.54. The number of carboxylic acids is 1. The minimum Gasteiger partial charge on any atom is -0.481 e. The molecule has 3 aliphatic carbocycles. The monoisotopic (exact) mass is 574 g/mol. The number of nitrogens with zero attached hydrogens (tertiary/aromatic N) is 1. The average molecular weight is 575 g/mol. The summed E-state index contributed by atoms with van der Waals surface area (Å²) in [6.07, 6.45) is 13.8. The standard InChI is InChI=1S/C33H35NO8/c1-18(12-28(35)36)21-8-9-24-22(10-19(2)30(24)25(14-21)32(38)41-6)13-23-11-20(3)31-26(23)15-34(4,17-29(37)40-5)16-27(31)33(39)42-7/h9-11,13-16,18H,8,12,17H2,1-7H3/p+1. The van der Waals surface area contributed by atoms with Crippen LogP contribution in [0.2, 0.25) is 0 Å². The molecule has 220 valence electrons. The van der Waals surface area contributed by atoms with Crippen LogP contribution in [-0.4, -0.2) is 68.4 Å². The summed E-state index contributed by atoms with van der Waals surface area (Å²) < 4.78 is 15.1. The molecular weight excluding hydrogens is 538 g/mol. The SMILES string of the molecule is COC(=O)C[N+]1(C)C=C(C(=O)OC)C2=C(C)C=C(C=C3C=C(C)C4=C(C(=O)OC)C=C(C(C)CC(=O)O)CC=C34)C2=C1. The number of carbonyl (C=O) groups is 4. The number of hydrogen-bond donors (Lipinski definition) is 1. The van der Waals surface area contributed by atoms with Crippen molar-refractivity contribution in [2.24, 2.45) is 5.92 Å². The first-order chi connectivity index (χ1) is 19.8. The maximum absolute atomic E-state index is 13.0.